The van der Waals surface area contributed by atoms with Gasteiger partial charge in [-0.15, -0.1) is 0 Å². The van der Waals surface area contributed by atoms with Crippen LogP contribution in [0.1, 0.15) is 18.1 Å². The Bertz CT molecular complexity index is 1320. The summed E-state index contributed by atoms with van der Waals surface area (Å²) in [6.45, 7) is 2.82. The second-order valence-electron chi connectivity index (χ2n) is 8.76. The second-order valence-corrected chi connectivity index (χ2v) is 10.6. The Morgan fingerprint density at radius 3 is 2.14 bits per heavy atom. The molecule has 3 aromatic rings. The van der Waals surface area contributed by atoms with E-state index in [1.165, 1.54) is 18.2 Å². The third-order valence-corrected chi connectivity index (χ3v) is 8.20. The van der Waals surface area contributed by atoms with Crippen LogP contribution in [-0.4, -0.2) is 51.9 Å². The quantitative estimate of drug-likeness (QED) is 0.439. The van der Waals surface area contributed by atoms with Crippen LogP contribution in [0.15, 0.2) is 83.8 Å². The summed E-state index contributed by atoms with van der Waals surface area (Å²) >= 11 is 0. The molecule has 1 aliphatic rings. The molecule has 6 nitrogen and oxygen atoms in total. The van der Waals surface area contributed by atoms with E-state index in [-0.39, 0.29) is 30.4 Å². The Morgan fingerprint density at radius 1 is 0.892 bits per heavy atom. The Hall–Kier alpha value is -3.53. The summed E-state index contributed by atoms with van der Waals surface area (Å²) in [5, 5.41) is 0. The van der Waals surface area contributed by atoms with Crippen molar-refractivity contribution in [1.82, 2.24) is 4.90 Å². The summed E-state index contributed by atoms with van der Waals surface area (Å²) < 4.78 is 67.4. The Morgan fingerprint density at radius 2 is 1.54 bits per heavy atom. The van der Waals surface area contributed by atoms with Crippen molar-refractivity contribution in [3.05, 3.63) is 90.0 Å². The second kappa shape index (κ2) is 10.8. The zero-order valence-corrected chi connectivity index (χ0v) is 21.2. The van der Waals surface area contributed by atoms with Gasteiger partial charge < -0.3 is 9.80 Å². The van der Waals surface area contributed by atoms with Gasteiger partial charge in [-0.25, -0.2) is 8.42 Å². The Labute approximate surface area is 215 Å². The molecular formula is C27H28F3N3O3S. The van der Waals surface area contributed by atoms with Gasteiger partial charge in [0.1, 0.15) is 6.54 Å². The van der Waals surface area contributed by atoms with Gasteiger partial charge >= 0.3 is 6.18 Å². The molecule has 0 aromatic heterocycles. The number of carbonyl (C=O) groups is 1. The molecule has 3 aromatic carbocycles. The third-order valence-electron chi connectivity index (χ3n) is 6.41. The zero-order chi connectivity index (χ0) is 26.6. The first kappa shape index (κ1) is 26.5. The van der Waals surface area contributed by atoms with E-state index in [0.29, 0.717) is 24.5 Å². The first-order chi connectivity index (χ1) is 17.6. The lowest BCUT2D eigenvalue weighted by Gasteiger charge is -2.37. The molecule has 0 atom stereocenters. The molecule has 0 aliphatic carbocycles. The molecule has 10 heteroatoms. The fourth-order valence-corrected chi connectivity index (χ4v) is 5.68. The van der Waals surface area contributed by atoms with Gasteiger partial charge in [0.05, 0.1) is 16.1 Å². The van der Waals surface area contributed by atoms with Gasteiger partial charge in [-0.1, -0.05) is 43.3 Å². The SMILES string of the molecule is CCc1ccc(N(CC(=O)N2CCN(c3cccc(C(F)(F)F)c3)CC2)S(=O)(=O)c2ccccc2)cc1. The van der Waals surface area contributed by atoms with Crippen LogP contribution in [0.25, 0.3) is 0 Å². The average molecular weight is 532 g/mol. The highest BCUT2D eigenvalue weighted by Gasteiger charge is 2.32. The number of benzene rings is 3. The lowest BCUT2D eigenvalue weighted by Crippen LogP contribution is -2.52. The highest BCUT2D eigenvalue weighted by atomic mass is 32.2. The van der Waals surface area contributed by atoms with Crippen molar-refractivity contribution >= 4 is 27.3 Å². The van der Waals surface area contributed by atoms with Crippen LogP contribution >= 0.6 is 0 Å². The number of alkyl halides is 3. The van der Waals surface area contributed by atoms with Crippen LogP contribution in [0.4, 0.5) is 24.5 Å². The van der Waals surface area contributed by atoms with Crippen molar-refractivity contribution in [2.75, 3.05) is 41.9 Å². The van der Waals surface area contributed by atoms with Gasteiger partial charge in [0, 0.05) is 31.9 Å². The molecule has 4 rings (SSSR count). The predicted molar refractivity (Wildman–Crippen MR) is 137 cm³/mol. The topological polar surface area (TPSA) is 60.9 Å². The Kier molecular flexibility index (Phi) is 7.77. The van der Waals surface area contributed by atoms with Crippen molar-refractivity contribution in [2.24, 2.45) is 0 Å². The van der Waals surface area contributed by atoms with Crippen LogP contribution < -0.4 is 9.21 Å². The minimum Gasteiger partial charge on any atom is -0.368 e. The number of anilines is 2. The zero-order valence-electron chi connectivity index (χ0n) is 20.4. The van der Waals surface area contributed by atoms with E-state index in [1.807, 2.05) is 19.1 Å². The lowest BCUT2D eigenvalue weighted by atomic mass is 10.1. The van der Waals surface area contributed by atoms with Crippen molar-refractivity contribution in [3.63, 3.8) is 0 Å². The summed E-state index contributed by atoms with van der Waals surface area (Å²) in [7, 11) is -4.01. The molecule has 0 spiro atoms. The number of aryl methyl sites for hydroxylation is 1. The monoisotopic (exact) mass is 531 g/mol. The lowest BCUT2D eigenvalue weighted by molar-refractivity contribution is -0.137. The van der Waals surface area contributed by atoms with E-state index in [2.05, 4.69) is 0 Å². The molecule has 0 radical (unpaired) electrons. The normalized spacial score (nSPS) is 14.5. The maximum atomic E-state index is 13.5. The summed E-state index contributed by atoms with van der Waals surface area (Å²) in [5.41, 5.74) is 1.14. The minimum atomic E-state index is -4.43. The van der Waals surface area contributed by atoms with Crippen LogP contribution in [-0.2, 0) is 27.4 Å². The van der Waals surface area contributed by atoms with Crippen LogP contribution in [0.5, 0.6) is 0 Å². The number of sulfonamides is 1. The van der Waals surface area contributed by atoms with Crippen molar-refractivity contribution in [1.29, 1.82) is 0 Å². The molecular weight excluding hydrogens is 503 g/mol. The number of piperazine rings is 1. The molecule has 0 unspecified atom stereocenters. The molecule has 1 amide bonds. The molecule has 0 N–H and O–H groups in total. The van der Waals surface area contributed by atoms with Gasteiger partial charge in [0.25, 0.3) is 10.0 Å². The molecule has 0 saturated carbocycles. The smallest absolute Gasteiger partial charge is 0.368 e. The molecule has 1 heterocycles. The first-order valence-electron chi connectivity index (χ1n) is 12.0. The summed E-state index contributed by atoms with van der Waals surface area (Å²) in [4.78, 5) is 16.7. The van der Waals surface area contributed by atoms with Gasteiger partial charge in [0.2, 0.25) is 5.91 Å². The van der Waals surface area contributed by atoms with E-state index < -0.39 is 21.8 Å². The predicted octanol–water partition coefficient (Wildman–Crippen LogP) is 4.81. The summed E-state index contributed by atoms with van der Waals surface area (Å²) in [5.74, 6) is -0.372. The van der Waals surface area contributed by atoms with E-state index in [9.17, 15) is 26.4 Å². The van der Waals surface area contributed by atoms with Crippen LogP contribution in [0.2, 0.25) is 0 Å². The maximum absolute atomic E-state index is 13.5. The van der Waals surface area contributed by atoms with Crippen molar-refractivity contribution in [3.8, 4) is 0 Å². The standard InChI is InChI=1S/C27H28F3N3O3S/c1-2-21-11-13-23(14-12-21)33(37(35,36)25-9-4-3-5-10-25)20-26(34)32-17-15-31(16-18-32)24-8-6-7-22(19-24)27(28,29)30/h3-14,19H,2,15-18,20H2,1H3. The van der Waals surface area contributed by atoms with Gasteiger partial charge in [0.15, 0.2) is 0 Å². The van der Waals surface area contributed by atoms with Gasteiger partial charge in [-0.3, -0.25) is 9.10 Å². The number of amides is 1. The molecule has 1 saturated heterocycles. The van der Waals surface area contributed by atoms with E-state index >= 15 is 0 Å². The van der Waals surface area contributed by atoms with Crippen molar-refractivity contribution < 1.29 is 26.4 Å². The molecule has 1 fully saturated rings. The fraction of sp³-hybridized carbons (Fsp3) is 0.296. The number of hydrogen-bond donors (Lipinski definition) is 0. The maximum Gasteiger partial charge on any atom is 0.416 e. The van der Waals surface area contributed by atoms with E-state index in [0.717, 1.165) is 28.4 Å². The van der Waals surface area contributed by atoms with Crippen LogP contribution in [0, 0.1) is 0 Å². The molecule has 1 aliphatic heterocycles. The van der Waals surface area contributed by atoms with Gasteiger partial charge in [-0.05, 0) is 54.4 Å². The molecule has 196 valence electrons. The number of nitrogens with zero attached hydrogens (tertiary/aromatic N) is 3. The highest BCUT2D eigenvalue weighted by molar-refractivity contribution is 7.92. The summed E-state index contributed by atoms with van der Waals surface area (Å²) in [6, 6.07) is 20.1. The third kappa shape index (κ3) is 6.07. The van der Waals surface area contributed by atoms with Gasteiger partial charge in [-0.2, -0.15) is 13.2 Å². The number of halogens is 3. The minimum absolute atomic E-state index is 0.0803. The van der Waals surface area contributed by atoms with Crippen LogP contribution in [0.3, 0.4) is 0 Å². The van der Waals surface area contributed by atoms with E-state index in [4.69, 9.17) is 0 Å². The Balaban J connectivity index is 1.50. The summed E-state index contributed by atoms with van der Waals surface area (Å²) in [6.07, 6.45) is -3.64. The fourth-order valence-electron chi connectivity index (χ4n) is 4.25. The molecule has 37 heavy (non-hydrogen) atoms. The largest absolute Gasteiger partial charge is 0.416 e. The number of rotatable bonds is 7. The average Bonchev–Trinajstić information content (AvgIpc) is 2.92. The highest BCUT2D eigenvalue weighted by Crippen LogP contribution is 2.32. The van der Waals surface area contributed by atoms with Crippen molar-refractivity contribution in [2.45, 2.75) is 24.4 Å². The number of carbonyl (C=O) groups excluding carboxylic acids is 1. The number of hydrogen-bond acceptors (Lipinski definition) is 4. The molecule has 0 bridgehead atoms. The first-order valence-corrected chi connectivity index (χ1v) is 13.4. The van der Waals surface area contributed by atoms with E-state index in [1.54, 1.807) is 46.2 Å².